The number of likely N-dealkylation sites (N-methyl/N-ethyl adjacent to an activating group) is 1. The minimum Gasteiger partial charge on any atom is -0.494 e. The zero-order valence-corrected chi connectivity index (χ0v) is 27.9. The van der Waals surface area contributed by atoms with Gasteiger partial charge < -0.3 is 35.5 Å². The summed E-state index contributed by atoms with van der Waals surface area (Å²) in [6, 6.07) is 11.8. The predicted molar refractivity (Wildman–Crippen MR) is 185 cm³/mol. The molecule has 3 heterocycles. The van der Waals surface area contributed by atoms with Crippen LogP contribution >= 0.6 is 18.7 Å². The van der Waals surface area contributed by atoms with Crippen LogP contribution in [0.25, 0.3) is 6.08 Å². The topological polar surface area (TPSA) is 129 Å². The number of hydrogen-bond donors (Lipinski definition) is 3. The quantitative estimate of drug-likeness (QED) is 0.211. The van der Waals surface area contributed by atoms with E-state index in [1.807, 2.05) is 36.4 Å². The fraction of sp³-hybridized carbons (Fsp3) is 0.406. The number of para-hydroxylation sites is 1. The summed E-state index contributed by atoms with van der Waals surface area (Å²) in [6.07, 6.45) is 6.72. The minimum atomic E-state index is -2.56. The number of primary amides is 1. The number of hydrogen-bond acceptors (Lipinski definition) is 10. The van der Waals surface area contributed by atoms with Crippen LogP contribution in [0.15, 0.2) is 48.7 Å². The summed E-state index contributed by atoms with van der Waals surface area (Å²) in [7, 11) is 1.23. The van der Waals surface area contributed by atoms with E-state index in [0.29, 0.717) is 39.3 Å². The maximum absolute atomic E-state index is 12.9. The number of carbonyl (C=O) groups excluding carboxylic acids is 1. The van der Waals surface area contributed by atoms with Crippen molar-refractivity contribution >= 4 is 64.9 Å². The van der Waals surface area contributed by atoms with Gasteiger partial charge in [-0.25, -0.2) is 4.98 Å². The maximum Gasteiger partial charge on any atom is 0.241 e. The summed E-state index contributed by atoms with van der Waals surface area (Å²) in [4.78, 5) is 28.1. The van der Waals surface area contributed by atoms with E-state index in [0.717, 1.165) is 63.4 Å². The van der Waals surface area contributed by atoms with E-state index < -0.39 is 13.0 Å². The highest BCUT2D eigenvalue weighted by Crippen LogP contribution is 2.40. The Hall–Kier alpha value is -3.63. The molecule has 2 saturated heterocycles. The Kier molecular flexibility index (Phi) is 10.3. The first-order valence-corrected chi connectivity index (χ1v) is 18.1. The number of piperazine rings is 1. The van der Waals surface area contributed by atoms with Crippen LogP contribution in [-0.4, -0.2) is 98.5 Å². The van der Waals surface area contributed by atoms with E-state index in [1.54, 1.807) is 26.5 Å². The smallest absolute Gasteiger partial charge is 0.241 e. The van der Waals surface area contributed by atoms with Gasteiger partial charge in [0, 0.05) is 74.0 Å². The lowest BCUT2D eigenvalue weighted by atomic mass is 10.00. The highest BCUT2D eigenvalue weighted by molar-refractivity contribution is 7.70. The average Bonchev–Trinajstić information content (AvgIpc) is 3.02. The summed E-state index contributed by atoms with van der Waals surface area (Å²) < 4.78 is 18.7. The van der Waals surface area contributed by atoms with Gasteiger partial charge >= 0.3 is 0 Å². The second kappa shape index (κ2) is 14.2. The Morgan fingerprint density at radius 2 is 1.78 bits per heavy atom. The Morgan fingerprint density at radius 3 is 2.44 bits per heavy atom. The standard InChI is InChI=1S/C32H42ClN8O3P/c1-39-15-17-40(18-16-39)23-11-13-41(14-12-23)27-20-28(44-2)26(19-22(27)9-10-30(34)42)37-32-35-21-24(33)31(38-32)36-25-7-5-6-8-29(25)45(3,4)43/h5-10,19-21,23H,11-18H2,1-4H3,(H2,34,42)(H2,35,36,37,38). The molecule has 1 aromatic heterocycles. The van der Waals surface area contributed by atoms with Crippen LogP contribution in [0.5, 0.6) is 5.75 Å². The summed E-state index contributed by atoms with van der Waals surface area (Å²) in [6.45, 7) is 9.65. The first kappa shape index (κ1) is 32.8. The summed E-state index contributed by atoms with van der Waals surface area (Å²) in [5.74, 6) is 0.710. The lowest BCUT2D eigenvalue weighted by Gasteiger charge is -2.43. The number of anilines is 5. The normalized spacial score (nSPS) is 17.0. The van der Waals surface area contributed by atoms with Gasteiger partial charge in [0.25, 0.3) is 0 Å². The first-order chi connectivity index (χ1) is 21.5. The molecule has 13 heteroatoms. The van der Waals surface area contributed by atoms with Gasteiger partial charge in [0.05, 0.1) is 24.7 Å². The van der Waals surface area contributed by atoms with Crippen LogP contribution in [-0.2, 0) is 9.36 Å². The second-order valence-electron chi connectivity index (χ2n) is 11.9. The third-order valence-electron chi connectivity index (χ3n) is 8.36. The minimum absolute atomic E-state index is 0.277. The molecule has 2 aliphatic heterocycles. The van der Waals surface area contributed by atoms with Crippen molar-refractivity contribution in [3.05, 3.63) is 59.3 Å². The first-order valence-electron chi connectivity index (χ1n) is 15.1. The molecule has 3 aromatic rings. The molecule has 2 fully saturated rings. The van der Waals surface area contributed by atoms with Crippen LogP contribution in [0.4, 0.5) is 28.8 Å². The SMILES string of the molecule is COc1cc(N2CCC(N3CCN(C)CC3)CC2)c(C=CC(N)=O)cc1Nc1ncc(Cl)c(Nc2ccccc2P(C)(C)=O)n1. The van der Waals surface area contributed by atoms with Crippen molar-refractivity contribution in [1.29, 1.82) is 0 Å². The van der Waals surface area contributed by atoms with Crippen molar-refractivity contribution in [2.45, 2.75) is 18.9 Å². The number of nitrogens with zero attached hydrogens (tertiary/aromatic N) is 5. The number of halogens is 1. The van der Waals surface area contributed by atoms with Gasteiger partial charge in [0.1, 0.15) is 17.9 Å². The van der Waals surface area contributed by atoms with Crippen molar-refractivity contribution in [3.8, 4) is 5.75 Å². The number of amides is 1. The van der Waals surface area contributed by atoms with Crippen LogP contribution in [0.2, 0.25) is 5.02 Å². The lowest BCUT2D eigenvalue weighted by molar-refractivity contribution is -0.113. The molecule has 4 N–H and O–H groups in total. The molecule has 0 atom stereocenters. The van der Waals surface area contributed by atoms with Gasteiger partial charge in [0.2, 0.25) is 11.9 Å². The van der Waals surface area contributed by atoms with E-state index in [4.69, 9.17) is 22.1 Å². The number of benzene rings is 2. The van der Waals surface area contributed by atoms with Crippen LogP contribution in [0.3, 0.4) is 0 Å². The Labute approximate surface area is 270 Å². The molecule has 0 spiro atoms. The number of rotatable bonds is 10. The van der Waals surface area contributed by atoms with Crippen LogP contribution in [0.1, 0.15) is 18.4 Å². The van der Waals surface area contributed by atoms with E-state index in [9.17, 15) is 9.36 Å². The number of ether oxygens (including phenoxy) is 1. The molecular weight excluding hydrogens is 611 g/mol. The molecule has 0 radical (unpaired) electrons. The molecule has 0 saturated carbocycles. The van der Waals surface area contributed by atoms with Gasteiger partial charge in [-0.05, 0) is 57.5 Å². The van der Waals surface area contributed by atoms with Crippen molar-refractivity contribution in [2.75, 3.05) is 82.3 Å². The Morgan fingerprint density at radius 1 is 1.07 bits per heavy atom. The monoisotopic (exact) mass is 652 g/mol. The molecule has 45 heavy (non-hydrogen) atoms. The Balaban J connectivity index is 1.40. The van der Waals surface area contributed by atoms with E-state index in [1.165, 1.54) is 12.3 Å². The fourth-order valence-electron chi connectivity index (χ4n) is 5.90. The molecule has 0 unspecified atom stereocenters. The number of nitrogens with one attached hydrogen (secondary N) is 2. The van der Waals surface area contributed by atoms with Gasteiger partial charge in [-0.15, -0.1) is 0 Å². The maximum atomic E-state index is 12.9. The van der Waals surface area contributed by atoms with Crippen molar-refractivity contribution in [3.63, 3.8) is 0 Å². The largest absolute Gasteiger partial charge is 0.494 e. The molecule has 1 amide bonds. The zero-order valence-electron chi connectivity index (χ0n) is 26.3. The Bertz CT molecular complexity index is 1600. The molecule has 5 rings (SSSR count). The lowest BCUT2D eigenvalue weighted by Crippen LogP contribution is -2.52. The number of aromatic nitrogens is 2. The average molecular weight is 653 g/mol. The van der Waals surface area contributed by atoms with Crippen molar-refractivity contribution in [2.24, 2.45) is 5.73 Å². The van der Waals surface area contributed by atoms with Gasteiger partial charge in [0.15, 0.2) is 5.82 Å². The fourth-order valence-corrected chi connectivity index (χ4v) is 7.20. The van der Waals surface area contributed by atoms with E-state index in [-0.39, 0.29) is 5.95 Å². The van der Waals surface area contributed by atoms with E-state index in [2.05, 4.69) is 42.3 Å². The molecular formula is C32H42ClN8O3P. The third-order valence-corrected chi connectivity index (χ3v) is 10.2. The third kappa shape index (κ3) is 8.16. The number of piperidine rings is 1. The van der Waals surface area contributed by atoms with Gasteiger partial charge in [-0.1, -0.05) is 23.7 Å². The summed E-state index contributed by atoms with van der Waals surface area (Å²) in [5, 5.41) is 7.49. The molecule has 240 valence electrons. The van der Waals surface area contributed by atoms with Gasteiger partial charge in [-0.2, -0.15) is 4.98 Å². The number of nitrogens with two attached hydrogens (primary N) is 1. The number of methoxy groups -OCH3 is 1. The second-order valence-corrected chi connectivity index (χ2v) is 15.5. The highest BCUT2D eigenvalue weighted by Gasteiger charge is 2.28. The van der Waals surface area contributed by atoms with Gasteiger partial charge in [-0.3, -0.25) is 9.69 Å². The molecule has 2 aromatic carbocycles. The summed E-state index contributed by atoms with van der Waals surface area (Å²) in [5.41, 5.74) is 8.54. The molecule has 2 aliphatic rings. The van der Waals surface area contributed by atoms with Crippen molar-refractivity contribution < 1.29 is 14.1 Å². The molecule has 0 bridgehead atoms. The summed E-state index contributed by atoms with van der Waals surface area (Å²) >= 11 is 6.47. The van der Waals surface area contributed by atoms with Crippen LogP contribution < -0.4 is 31.3 Å². The van der Waals surface area contributed by atoms with E-state index >= 15 is 0 Å². The predicted octanol–water partition coefficient (Wildman–Crippen LogP) is 4.59. The number of carbonyl (C=O) groups is 1. The molecule has 0 aliphatic carbocycles. The van der Waals surface area contributed by atoms with Crippen molar-refractivity contribution in [1.82, 2.24) is 19.8 Å². The van der Waals surface area contributed by atoms with Crippen LogP contribution in [0, 0.1) is 0 Å². The highest BCUT2D eigenvalue weighted by atomic mass is 35.5. The zero-order chi connectivity index (χ0) is 32.1. The molecule has 11 nitrogen and oxygen atoms in total.